The van der Waals surface area contributed by atoms with Crippen molar-refractivity contribution in [2.45, 2.75) is 64.4 Å². The van der Waals surface area contributed by atoms with Gasteiger partial charge in [0.25, 0.3) is 0 Å². The fourth-order valence-electron chi connectivity index (χ4n) is 2.44. The Morgan fingerprint density at radius 1 is 1.38 bits per heavy atom. The first kappa shape index (κ1) is 21.4. The molecular formula is C17H30BrN3O4Si. The van der Waals surface area contributed by atoms with Crippen molar-refractivity contribution in [3.8, 4) is 0 Å². The number of ether oxygens (including phenoxy) is 2. The average molecular weight is 448 g/mol. The van der Waals surface area contributed by atoms with Crippen molar-refractivity contribution in [2.24, 2.45) is 0 Å². The van der Waals surface area contributed by atoms with Crippen LogP contribution < -0.4 is 0 Å². The fraction of sp³-hybridized carbons (Fsp3) is 0.765. The smallest absolute Gasteiger partial charge is 0.410 e. The molecule has 1 amide bonds. The van der Waals surface area contributed by atoms with Gasteiger partial charge < -0.3 is 19.5 Å². The van der Waals surface area contributed by atoms with E-state index in [2.05, 4.69) is 40.7 Å². The van der Waals surface area contributed by atoms with Crippen LogP contribution in [-0.4, -0.2) is 59.3 Å². The Labute approximate surface area is 164 Å². The first-order valence-corrected chi connectivity index (χ1v) is 13.3. The van der Waals surface area contributed by atoms with Crippen molar-refractivity contribution < 1.29 is 19.4 Å². The number of hydrogen-bond donors (Lipinski definition) is 1. The standard InChI is InChI=1S/C17H30BrN3O4Si/c1-16(2,3)25-15(22)20-10-17(23,11-20)13-9-14(18)21(19-13)12-24-7-8-26(4,5)6/h9,23H,7-8,10-12H2,1-6H3. The molecule has 0 saturated carbocycles. The number of likely N-dealkylation sites (tertiary alicyclic amines) is 1. The zero-order valence-electron chi connectivity index (χ0n) is 16.5. The third kappa shape index (κ3) is 5.80. The maximum atomic E-state index is 12.0. The summed E-state index contributed by atoms with van der Waals surface area (Å²) < 4.78 is 13.4. The van der Waals surface area contributed by atoms with Crippen LogP contribution in [0.5, 0.6) is 0 Å². The molecule has 26 heavy (non-hydrogen) atoms. The molecular weight excluding hydrogens is 418 g/mol. The molecule has 0 bridgehead atoms. The van der Waals surface area contributed by atoms with Crippen LogP contribution in [0.15, 0.2) is 10.7 Å². The van der Waals surface area contributed by atoms with E-state index in [0.29, 0.717) is 19.0 Å². The number of aliphatic hydroxyl groups is 1. The van der Waals surface area contributed by atoms with E-state index in [1.54, 1.807) is 10.7 Å². The van der Waals surface area contributed by atoms with Gasteiger partial charge in [-0.15, -0.1) is 0 Å². The zero-order valence-corrected chi connectivity index (χ0v) is 19.1. The van der Waals surface area contributed by atoms with Crippen LogP contribution in [0.3, 0.4) is 0 Å². The molecule has 0 unspecified atom stereocenters. The lowest BCUT2D eigenvalue weighted by atomic mass is 9.91. The van der Waals surface area contributed by atoms with E-state index in [0.717, 1.165) is 10.6 Å². The summed E-state index contributed by atoms with van der Waals surface area (Å²) in [5.74, 6) is 0. The minimum Gasteiger partial charge on any atom is -0.444 e. The van der Waals surface area contributed by atoms with Gasteiger partial charge in [-0.3, -0.25) is 0 Å². The third-order valence-corrected chi connectivity index (χ3v) is 6.32. The highest BCUT2D eigenvalue weighted by Crippen LogP contribution is 2.33. The number of nitrogens with zero attached hydrogens (tertiary/aromatic N) is 3. The van der Waals surface area contributed by atoms with Crippen LogP contribution in [0, 0.1) is 0 Å². The molecule has 1 fully saturated rings. The minimum atomic E-state index is -1.15. The van der Waals surface area contributed by atoms with Crippen LogP contribution >= 0.6 is 15.9 Å². The molecule has 0 atom stereocenters. The van der Waals surface area contributed by atoms with Gasteiger partial charge in [0.2, 0.25) is 0 Å². The first-order chi connectivity index (χ1) is 11.8. The average Bonchev–Trinajstić information content (AvgIpc) is 2.79. The molecule has 2 heterocycles. The van der Waals surface area contributed by atoms with Crippen LogP contribution in [0.4, 0.5) is 4.79 Å². The number of carbonyl (C=O) groups excluding carboxylic acids is 1. The monoisotopic (exact) mass is 447 g/mol. The molecule has 1 aromatic rings. The van der Waals surface area contributed by atoms with Gasteiger partial charge in [-0.1, -0.05) is 19.6 Å². The molecule has 1 saturated heterocycles. The van der Waals surface area contributed by atoms with Crippen LogP contribution in [0.2, 0.25) is 25.7 Å². The van der Waals surface area contributed by atoms with Crippen molar-refractivity contribution in [3.63, 3.8) is 0 Å². The molecule has 1 N–H and O–H groups in total. The molecule has 9 heteroatoms. The fourth-order valence-corrected chi connectivity index (χ4v) is 3.60. The Kier molecular flexibility index (Phi) is 6.26. The van der Waals surface area contributed by atoms with Crippen molar-refractivity contribution in [3.05, 3.63) is 16.4 Å². The predicted octanol–water partition coefficient (Wildman–Crippen LogP) is 3.40. The van der Waals surface area contributed by atoms with E-state index in [-0.39, 0.29) is 13.1 Å². The van der Waals surface area contributed by atoms with Crippen molar-refractivity contribution in [1.29, 1.82) is 0 Å². The summed E-state index contributed by atoms with van der Waals surface area (Å²) in [6, 6.07) is 2.86. The van der Waals surface area contributed by atoms with Gasteiger partial charge in [-0.25, -0.2) is 9.48 Å². The van der Waals surface area contributed by atoms with Gasteiger partial charge in [0.1, 0.15) is 22.5 Å². The molecule has 0 radical (unpaired) electrons. The van der Waals surface area contributed by atoms with Gasteiger partial charge in [0.15, 0.2) is 0 Å². The Morgan fingerprint density at radius 3 is 2.54 bits per heavy atom. The highest BCUT2D eigenvalue weighted by molar-refractivity contribution is 9.10. The minimum absolute atomic E-state index is 0.168. The normalized spacial score (nSPS) is 17.2. The van der Waals surface area contributed by atoms with E-state index >= 15 is 0 Å². The summed E-state index contributed by atoms with van der Waals surface area (Å²) in [4.78, 5) is 13.5. The molecule has 0 aromatic carbocycles. The Morgan fingerprint density at radius 2 is 2.00 bits per heavy atom. The molecule has 0 spiro atoms. The summed E-state index contributed by atoms with van der Waals surface area (Å²) >= 11 is 3.45. The molecule has 1 aliphatic rings. The van der Waals surface area contributed by atoms with E-state index < -0.39 is 25.4 Å². The largest absolute Gasteiger partial charge is 0.444 e. The second kappa shape index (κ2) is 7.61. The lowest BCUT2D eigenvalue weighted by molar-refractivity contribution is -0.106. The first-order valence-electron chi connectivity index (χ1n) is 8.81. The summed E-state index contributed by atoms with van der Waals surface area (Å²) in [6.07, 6.45) is -0.421. The molecule has 1 aliphatic heterocycles. The maximum Gasteiger partial charge on any atom is 0.410 e. The second-order valence-corrected chi connectivity index (χ2v) is 15.5. The van der Waals surface area contributed by atoms with E-state index in [1.807, 2.05) is 20.8 Å². The van der Waals surface area contributed by atoms with Gasteiger partial charge in [0.05, 0.1) is 18.8 Å². The summed E-state index contributed by atoms with van der Waals surface area (Å²) in [7, 11) is -1.12. The van der Waals surface area contributed by atoms with Gasteiger partial charge in [-0.2, -0.15) is 5.10 Å². The van der Waals surface area contributed by atoms with Crippen molar-refractivity contribution in [1.82, 2.24) is 14.7 Å². The molecule has 148 valence electrons. The van der Waals surface area contributed by atoms with Crippen molar-refractivity contribution in [2.75, 3.05) is 19.7 Å². The molecule has 0 aliphatic carbocycles. The Bertz CT molecular complexity index is 645. The molecule has 1 aromatic heterocycles. The number of hydrogen-bond acceptors (Lipinski definition) is 5. The van der Waals surface area contributed by atoms with Gasteiger partial charge >= 0.3 is 6.09 Å². The van der Waals surface area contributed by atoms with E-state index in [9.17, 15) is 9.90 Å². The topological polar surface area (TPSA) is 76.8 Å². The zero-order chi connectivity index (χ0) is 19.8. The van der Waals surface area contributed by atoms with E-state index in [4.69, 9.17) is 9.47 Å². The number of carbonyl (C=O) groups is 1. The lowest BCUT2D eigenvalue weighted by Crippen LogP contribution is -2.62. The summed E-state index contributed by atoms with van der Waals surface area (Å²) in [6.45, 7) is 13.7. The molecule has 2 rings (SSSR count). The lowest BCUT2D eigenvalue weighted by Gasteiger charge is -2.45. The van der Waals surface area contributed by atoms with Gasteiger partial charge in [-0.05, 0) is 48.8 Å². The summed E-state index contributed by atoms with van der Waals surface area (Å²) in [5, 5.41) is 15.2. The number of halogens is 1. The maximum absolute atomic E-state index is 12.0. The second-order valence-electron chi connectivity index (χ2n) is 9.07. The van der Waals surface area contributed by atoms with Crippen LogP contribution in [-0.2, 0) is 21.8 Å². The third-order valence-electron chi connectivity index (χ3n) is 3.97. The van der Waals surface area contributed by atoms with Crippen LogP contribution in [0.1, 0.15) is 26.5 Å². The SMILES string of the molecule is CC(C)(C)OC(=O)N1CC(O)(c2cc(Br)n(COCC[Si](C)(C)C)n2)C1. The highest BCUT2D eigenvalue weighted by atomic mass is 79.9. The van der Waals surface area contributed by atoms with E-state index in [1.165, 1.54) is 4.90 Å². The number of amides is 1. The summed E-state index contributed by atoms with van der Waals surface area (Å²) in [5.41, 5.74) is -1.18. The number of rotatable bonds is 6. The predicted molar refractivity (Wildman–Crippen MR) is 106 cm³/mol. The Hall–Kier alpha value is -0.903. The molecule has 7 nitrogen and oxygen atoms in total. The highest BCUT2D eigenvalue weighted by Gasteiger charge is 2.48. The number of aromatic nitrogens is 2. The quantitative estimate of drug-likeness (QED) is 0.533. The van der Waals surface area contributed by atoms with Crippen molar-refractivity contribution >= 4 is 30.1 Å². The van der Waals surface area contributed by atoms with Gasteiger partial charge in [0, 0.05) is 14.7 Å². The van der Waals surface area contributed by atoms with Crippen LogP contribution in [0.25, 0.3) is 0 Å². The Balaban J connectivity index is 1.89. The number of β-amino-alcohol motifs (C(OH)–C–C–N with tert-alkyl or cyclic N) is 1.